The number of nitrogens with one attached hydrogen (secondary N) is 2. The zero-order valence-corrected chi connectivity index (χ0v) is 14.6. The maximum atomic E-state index is 12.1. The predicted molar refractivity (Wildman–Crippen MR) is 93.3 cm³/mol. The van der Waals surface area contributed by atoms with Crippen LogP contribution >= 0.6 is 24.0 Å². The van der Waals surface area contributed by atoms with E-state index in [1.54, 1.807) is 25.3 Å². The second-order valence-electron chi connectivity index (χ2n) is 5.69. The summed E-state index contributed by atoms with van der Waals surface area (Å²) in [6.45, 7) is 4.27. The molecule has 1 heterocycles. The molecular weight excluding hydrogens is 323 g/mol. The van der Waals surface area contributed by atoms with Gasteiger partial charge in [-0.3, -0.25) is 4.79 Å². The summed E-state index contributed by atoms with van der Waals surface area (Å²) in [6.07, 6.45) is 2.94. The number of halogens is 2. The van der Waals surface area contributed by atoms with E-state index in [1.807, 2.05) is 0 Å². The normalized spacial score (nSPS) is 19.0. The fourth-order valence-electron chi connectivity index (χ4n) is 2.77. The summed E-state index contributed by atoms with van der Waals surface area (Å²) in [5.74, 6) is 1.58. The average Bonchev–Trinajstić information content (AvgIpc) is 2.50. The van der Waals surface area contributed by atoms with Crippen molar-refractivity contribution in [2.24, 2.45) is 11.8 Å². The number of carbonyl (C=O) groups is 1. The molecule has 2 rings (SSSR count). The van der Waals surface area contributed by atoms with Gasteiger partial charge in [-0.15, -0.1) is 12.4 Å². The topological polar surface area (TPSA) is 50.4 Å². The average molecular weight is 347 g/mol. The number of hydrogen-bond acceptors (Lipinski definition) is 3. The van der Waals surface area contributed by atoms with E-state index in [1.165, 1.54) is 12.8 Å². The fraction of sp³-hybridized carbons (Fsp3) is 0.562. The van der Waals surface area contributed by atoms with E-state index in [-0.39, 0.29) is 18.3 Å². The Kier molecular flexibility index (Phi) is 8.01. The van der Waals surface area contributed by atoms with Crippen molar-refractivity contribution in [1.82, 2.24) is 5.32 Å². The lowest BCUT2D eigenvalue weighted by Crippen LogP contribution is -2.34. The number of amides is 1. The van der Waals surface area contributed by atoms with Crippen LogP contribution in [-0.2, 0) is 4.79 Å². The number of piperidine rings is 1. The molecule has 0 bridgehead atoms. The van der Waals surface area contributed by atoms with Gasteiger partial charge in [0.05, 0.1) is 12.1 Å². The molecule has 0 aliphatic carbocycles. The standard InChI is InChI=1S/C16H23ClN2O2.ClH/c1-11(12-4-3-7-18-10-12)8-16(20)19-13-5-6-14(17)15(9-13)21-2;/h5-6,9,11-12,18H,3-4,7-8,10H2,1-2H3,(H,19,20);1H. The number of benzene rings is 1. The summed E-state index contributed by atoms with van der Waals surface area (Å²) in [4.78, 5) is 12.1. The van der Waals surface area contributed by atoms with Crippen LogP contribution in [-0.4, -0.2) is 26.1 Å². The highest BCUT2D eigenvalue weighted by Gasteiger charge is 2.22. The number of carbonyl (C=O) groups excluding carboxylic acids is 1. The number of ether oxygens (including phenoxy) is 1. The molecule has 2 unspecified atom stereocenters. The van der Waals surface area contributed by atoms with Crippen LogP contribution in [0.4, 0.5) is 5.69 Å². The van der Waals surface area contributed by atoms with Crippen molar-refractivity contribution in [2.75, 3.05) is 25.5 Å². The molecule has 0 aromatic heterocycles. The zero-order chi connectivity index (χ0) is 15.2. The van der Waals surface area contributed by atoms with Gasteiger partial charge in [-0.05, 0) is 49.9 Å². The van der Waals surface area contributed by atoms with Gasteiger partial charge in [0, 0.05) is 18.2 Å². The first kappa shape index (κ1) is 19.1. The smallest absolute Gasteiger partial charge is 0.224 e. The molecule has 1 amide bonds. The minimum atomic E-state index is 0. The number of methoxy groups -OCH3 is 1. The quantitative estimate of drug-likeness (QED) is 0.853. The SMILES string of the molecule is COc1cc(NC(=O)CC(C)C2CCCNC2)ccc1Cl.Cl. The summed E-state index contributed by atoms with van der Waals surface area (Å²) in [6, 6.07) is 5.26. The molecule has 1 aromatic carbocycles. The minimum Gasteiger partial charge on any atom is -0.495 e. The maximum absolute atomic E-state index is 12.1. The molecule has 22 heavy (non-hydrogen) atoms. The van der Waals surface area contributed by atoms with Crippen LogP contribution in [0.25, 0.3) is 0 Å². The van der Waals surface area contributed by atoms with Crippen LogP contribution in [0.5, 0.6) is 5.75 Å². The highest BCUT2D eigenvalue weighted by molar-refractivity contribution is 6.32. The van der Waals surface area contributed by atoms with Crippen molar-refractivity contribution in [2.45, 2.75) is 26.2 Å². The molecule has 1 fully saturated rings. The molecule has 2 N–H and O–H groups in total. The fourth-order valence-corrected chi connectivity index (χ4v) is 2.97. The first-order valence-corrected chi connectivity index (χ1v) is 7.82. The number of anilines is 1. The molecule has 1 aromatic rings. The van der Waals surface area contributed by atoms with Gasteiger partial charge in [-0.2, -0.15) is 0 Å². The van der Waals surface area contributed by atoms with Gasteiger partial charge < -0.3 is 15.4 Å². The first-order valence-electron chi connectivity index (χ1n) is 7.44. The number of hydrogen-bond donors (Lipinski definition) is 2. The summed E-state index contributed by atoms with van der Waals surface area (Å²) >= 11 is 5.97. The largest absolute Gasteiger partial charge is 0.495 e. The van der Waals surface area contributed by atoms with Gasteiger partial charge >= 0.3 is 0 Å². The zero-order valence-electron chi connectivity index (χ0n) is 13.0. The molecule has 2 atom stereocenters. The van der Waals surface area contributed by atoms with Gasteiger partial charge in [0.2, 0.25) is 5.91 Å². The second kappa shape index (κ2) is 9.23. The Morgan fingerprint density at radius 1 is 1.55 bits per heavy atom. The highest BCUT2D eigenvalue weighted by Crippen LogP contribution is 2.28. The lowest BCUT2D eigenvalue weighted by Gasteiger charge is -2.28. The van der Waals surface area contributed by atoms with Crippen molar-refractivity contribution in [1.29, 1.82) is 0 Å². The predicted octanol–water partition coefficient (Wildman–Crippen LogP) is 3.73. The molecule has 0 radical (unpaired) electrons. The number of rotatable bonds is 5. The van der Waals surface area contributed by atoms with E-state index in [0.717, 1.165) is 18.8 Å². The molecule has 124 valence electrons. The van der Waals surface area contributed by atoms with E-state index in [4.69, 9.17) is 16.3 Å². The first-order chi connectivity index (χ1) is 10.1. The van der Waals surface area contributed by atoms with Crippen molar-refractivity contribution in [3.05, 3.63) is 23.2 Å². The Hall–Kier alpha value is -0.970. The van der Waals surface area contributed by atoms with Crippen molar-refractivity contribution in [3.63, 3.8) is 0 Å². The molecule has 0 spiro atoms. The molecule has 1 saturated heterocycles. The van der Waals surface area contributed by atoms with Crippen LogP contribution in [0.1, 0.15) is 26.2 Å². The summed E-state index contributed by atoms with van der Waals surface area (Å²) in [5.41, 5.74) is 0.718. The Bertz CT molecular complexity index is 491. The summed E-state index contributed by atoms with van der Waals surface area (Å²) in [7, 11) is 1.56. The maximum Gasteiger partial charge on any atom is 0.224 e. The van der Waals surface area contributed by atoms with Crippen molar-refractivity contribution >= 4 is 35.6 Å². The van der Waals surface area contributed by atoms with Crippen molar-refractivity contribution < 1.29 is 9.53 Å². The van der Waals surface area contributed by atoms with E-state index in [0.29, 0.717) is 29.0 Å². The third-order valence-corrected chi connectivity index (χ3v) is 4.39. The van der Waals surface area contributed by atoms with Gasteiger partial charge in [0.25, 0.3) is 0 Å². The Morgan fingerprint density at radius 2 is 2.32 bits per heavy atom. The van der Waals surface area contributed by atoms with Gasteiger partial charge in [-0.25, -0.2) is 0 Å². The monoisotopic (exact) mass is 346 g/mol. The minimum absolute atomic E-state index is 0. The molecule has 1 aliphatic rings. The Morgan fingerprint density at radius 3 is 2.95 bits per heavy atom. The molecule has 4 nitrogen and oxygen atoms in total. The lowest BCUT2D eigenvalue weighted by molar-refractivity contribution is -0.117. The highest BCUT2D eigenvalue weighted by atomic mass is 35.5. The van der Waals surface area contributed by atoms with Gasteiger partial charge in [0.15, 0.2) is 0 Å². The molecule has 6 heteroatoms. The summed E-state index contributed by atoms with van der Waals surface area (Å²) in [5, 5.41) is 6.85. The molecule has 1 aliphatic heterocycles. The van der Waals surface area contributed by atoms with E-state index >= 15 is 0 Å². The van der Waals surface area contributed by atoms with E-state index < -0.39 is 0 Å². The van der Waals surface area contributed by atoms with Crippen molar-refractivity contribution in [3.8, 4) is 5.75 Å². The van der Waals surface area contributed by atoms with Gasteiger partial charge in [0.1, 0.15) is 5.75 Å². The second-order valence-corrected chi connectivity index (χ2v) is 6.09. The third kappa shape index (κ3) is 5.34. The third-order valence-electron chi connectivity index (χ3n) is 4.08. The van der Waals surface area contributed by atoms with Crippen LogP contribution in [0.15, 0.2) is 18.2 Å². The van der Waals surface area contributed by atoms with Crippen LogP contribution in [0, 0.1) is 11.8 Å². The molecular formula is C16H24Cl2N2O2. The van der Waals surface area contributed by atoms with Gasteiger partial charge in [-0.1, -0.05) is 18.5 Å². The van der Waals surface area contributed by atoms with Crippen LogP contribution in [0.3, 0.4) is 0 Å². The van der Waals surface area contributed by atoms with E-state index in [2.05, 4.69) is 17.6 Å². The lowest BCUT2D eigenvalue weighted by atomic mass is 9.85. The Balaban J connectivity index is 0.00000242. The Labute approximate surface area is 143 Å². The van der Waals surface area contributed by atoms with Crippen LogP contribution in [0.2, 0.25) is 5.02 Å². The van der Waals surface area contributed by atoms with Crippen LogP contribution < -0.4 is 15.4 Å². The molecule has 0 saturated carbocycles. The van der Waals surface area contributed by atoms with E-state index in [9.17, 15) is 4.79 Å². The summed E-state index contributed by atoms with van der Waals surface area (Å²) < 4.78 is 5.15.